The van der Waals surface area contributed by atoms with Crippen molar-refractivity contribution in [3.63, 3.8) is 0 Å². The van der Waals surface area contributed by atoms with Crippen molar-refractivity contribution in [3.8, 4) is 0 Å². The minimum Gasteiger partial charge on any atom is -0.396 e. The third-order valence-corrected chi connectivity index (χ3v) is 4.31. The summed E-state index contributed by atoms with van der Waals surface area (Å²) < 4.78 is 1.53. The Morgan fingerprint density at radius 2 is 2.30 bits per heavy atom. The van der Waals surface area contributed by atoms with Crippen LogP contribution in [0, 0.1) is 11.8 Å². The maximum Gasteiger partial charge on any atom is 0.242 e. The molecule has 20 heavy (non-hydrogen) atoms. The largest absolute Gasteiger partial charge is 0.396 e. The van der Waals surface area contributed by atoms with Gasteiger partial charge in [-0.2, -0.15) is 0 Å². The lowest BCUT2D eigenvalue weighted by Gasteiger charge is -2.34. The van der Waals surface area contributed by atoms with Crippen LogP contribution in [0.2, 0.25) is 0 Å². The molecule has 0 radical (unpaired) electrons. The minimum atomic E-state index is -0.0172. The van der Waals surface area contributed by atoms with Crippen molar-refractivity contribution in [2.24, 2.45) is 11.8 Å². The lowest BCUT2D eigenvalue weighted by Crippen LogP contribution is -2.44. The summed E-state index contributed by atoms with van der Waals surface area (Å²) in [6.07, 6.45) is 5.67. The van der Waals surface area contributed by atoms with E-state index < -0.39 is 0 Å². The van der Waals surface area contributed by atoms with Crippen molar-refractivity contribution >= 4 is 5.91 Å². The van der Waals surface area contributed by atoms with Crippen LogP contribution in [0.1, 0.15) is 38.8 Å². The van der Waals surface area contributed by atoms with Crippen LogP contribution in [0.3, 0.4) is 0 Å². The molecule has 3 unspecified atom stereocenters. The summed E-state index contributed by atoms with van der Waals surface area (Å²) in [7, 11) is 0. The van der Waals surface area contributed by atoms with E-state index in [2.05, 4.69) is 29.5 Å². The molecule has 1 aliphatic rings. The second-order valence-corrected chi connectivity index (χ2v) is 5.82. The SMILES string of the molecule is CC1CCCC(NC(=O)Cn2cc(CCO)nn2)C1C. The van der Waals surface area contributed by atoms with Crippen LogP contribution in [0.4, 0.5) is 0 Å². The molecule has 0 bridgehead atoms. The number of rotatable bonds is 5. The summed E-state index contributed by atoms with van der Waals surface area (Å²) in [5, 5.41) is 19.7. The van der Waals surface area contributed by atoms with Crippen molar-refractivity contribution in [2.45, 2.75) is 52.1 Å². The maximum absolute atomic E-state index is 12.1. The first-order valence-electron chi connectivity index (χ1n) is 7.39. The van der Waals surface area contributed by atoms with Gasteiger partial charge in [0.25, 0.3) is 0 Å². The number of nitrogens with zero attached hydrogens (tertiary/aromatic N) is 3. The number of nitrogens with one attached hydrogen (secondary N) is 1. The number of aliphatic hydroxyl groups excluding tert-OH is 1. The van der Waals surface area contributed by atoms with Gasteiger partial charge < -0.3 is 10.4 Å². The first-order chi connectivity index (χ1) is 9.60. The summed E-state index contributed by atoms with van der Waals surface area (Å²) in [5.74, 6) is 1.17. The molecule has 1 fully saturated rings. The first-order valence-corrected chi connectivity index (χ1v) is 7.39. The summed E-state index contributed by atoms with van der Waals surface area (Å²) >= 11 is 0. The van der Waals surface area contributed by atoms with Gasteiger partial charge >= 0.3 is 0 Å². The van der Waals surface area contributed by atoms with E-state index in [-0.39, 0.29) is 25.1 Å². The lowest BCUT2D eigenvalue weighted by atomic mass is 9.78. The Morgan fingerprint density at radius 3 is 3.05 bits per heavy atom. The Kier molecular flexibility index (Phi) is 5.11. The van der Waals surface area contributed by atoms with Crippen LogP contribution in [0.15, 0.2) is 6.20 Å². The van der Waals surface area contributed by atoms with Gasteiger partial charge in [0.2, 0.25) is 5.91 Å². The molecule has 1 aromatic heterocycles. The third-order valence-electron chi connectivity index (χ3n) is 4.31. The van der Waals surface area contributed by atoms with Crippen molar-refractivity contribution < 1.29 is 9.90 Å². The molecule has 6 nitrogen and oxygen atoms in total. The molecule has 3 atom stereocenters. The number of aromatic nitrogens is 3. The van der Waals surface area contributed by atoms with E-state index in [0.29, 0.717) is 24.0 Å². The Morgan fingerprint density at radius 1 is 1.50 bits per heavy atom. The molecule has 2 rings (SSSR count). The fraction of sp³-hybridized carbons (Fsp3) is 0.786. The van der Waals surface area contributed by atoms with E-state index in [1.165, 1.54) is 17.5 Å². The number of hydrogen-bond donors (Lipinski definition) is 2. The highest BCUT2D eigenvalue weighted by Gasteiger charge is 2.28. The molecule has 2 N–H and O–H groups in total. The van der Waals surface area contributed by atoms with Gasteiger partial charge in [0.05, 0.1) is 5.69 Å². The summed E-state index contributed by atoms with van der Waals surface area (Å²) in [4.78, 5) is 12.1. The van der Waals surface area contributed by atoms with Crippen LogP contribution < -0.4 is 5.32 Å². The molecular weight excluding hydrogens is 256 g/mol. The number of carbonyl (C=O) groups is 1. The van der Waals surface area contributed by atoms with E-state index in [1.54, 1.807) is 6.20 Å². The Hall–Kier alpha value is -1.43. The van der Waals surface area contributed by atoms with Gasteiger partial charge in [-0.15, -0.1) is 5.10 Å². The van der Waals surface area contributed by atoms with Crippen molar-refractivity contribution in [1.82, 2.24) is 20.3 Å². The van der Waals surface area contributed by atoms with Crippen LogP contribution in [-0.2, 0) is 17.8 Å². The van der Waals surface area contributed by atoms with Crippen molar-refractivity contribution in [2.75, 3.05) is 6.61 Å². The predicted molar refractivity (Wildman–Crippen MR) is 74.9 cm³/mol. The minimum absolute atomic E-state index is 0.0172. The van der Waals surface area contributed by atoms with Gasteiger partial charge in [-0.25, -0.2) is 4.68 Å². The van der Waals surface area contributed by atoms with E-state index in [4.69, 9.17) is 5.11 Å². The molecule has 0 aliphatic heterocycles. The van der Waals surface area contributed by atoms with E-state index in [9.17, 15) is 4.79 Å². The van der Waals surface area contributed by atoms with Gasteiger partial charge in [0, 0.05) is 25.3 Å². The molecule has 1 saturated carbocycles. The second kappa shape index (κ2) is 6.83. The predicted octanol–water partition coefficient (Wildman–Crippen LogP) is 0.754. The molecule has 112 valence electrons. The monoisotopic (exact) mass is 280 g/mol. The number of aliphatic hydroxyl groups is 1. The topological polar surface area (TPSA) is 80.0 Å². The normalized spacial score (nSPS) is 26.4. The average Bonchev–Trinajstić information content (AvgIpc) is 2.83. The highest BCUT2D eigenvalue weighted by atomic mass is 16.3. The summed E-state index contributed by atoms with van der Waals surface area (Å²) in [5.41, 5.74) is 0.708. The highest BCUT2D eigenvalue weighted by molar-refractivity contribution is 5.76. The smallest absolute Gasteiger partial charge is 0.242 e. The van der Waals surface area contributed by atoms with Gasteiger partial charge in [-0.1, -0.05) is 31.9 Å². The fourth-order valence-electron chi connectivity index (χ4n) is 2.83. The Labute approximate surface area is 119 Å². The Balaban J connectivity index is 1.85. The zero-order valence-corrected chi connectivity index (χ0v) is 12.2. The molecule has 0 saturated heterocycles. The quantitative estimate of drug-likeness (QED) is 0.834. The van der Waals surface area contributed by atoms with Crippen molar-refractivity contribution in [1.29, 1.82) is 0 Å². The molecule has 0 aromatic carbocycles. The van der Waals surface area contributed by atoms with E-state index in [1.807, 2.05) is 0 Å². The van der Waals surface area contributed by atoms with Gasteiger partial charge in [-0.3, -0.25) is 4.79 Å². The van der Waals surface area contributed by atoms with Gasteiger partial charge in [0.1, 0.15) is 6.54 Å². The maximum atomic E-state index is 12.1. The molecular formula is C14H24N4O2. The van der Waals surface area contributed by atoms with Crippen LogP contribution in [0.25, 0.3) is 0 Å². The average molecular weight is 280 g/mol. The second-order valence-electron chi connectivity index (χ2n) is 5.82. The number of carbonyl (C=O) groups excluding carboxylic acids is 1. The van der Waals surface area contributed by atoms with Gasteiger partial charge in [-0.05, 0) is 18.3 Å². The molecule has 1 aromatic rings. The lowest BCUT2D eigenvalue weighted by molar-refractivity contribution is -0.123. The van der Waals surface area contributed by atoms with Gasteiger partial charge in [0.15, 0.2) is 0 Å². The highest BCUT2D eigenvalue weighted by Crippen LogP contribution is 2.29. The standard InChI is InChI=1S/C14H24N4O2/c1-10-4-3-5-13(11(10)2)15-14(20)9-18-8-12(6-7-19)16-17-18/h8,10-11,13,19H,3-7,9H2,1-2H3,(H,15,20). The van der Waals surface area contributed by atoms with Crippen LogP contribution in [0.5, 0.6) is 0 Å². The molecule has 6 heteroatoms. The zero-order valence-electron chi connectivity index (χ0n) is 12.2. The zero-order chi connectivity index (χ0) is 14.5. The van der Waals surface area contributed by atoms with Crippen LogP contribution in [-0.4, -0.2) is 38.7 Å². The number of hydrogen-bond acceptors (Lipinski definition) is 4. The molecule has 1 heterocycles. The molecule has 0 spiro atoms. The van der Waals surface area contributed by atoms with Crippen LogP contribution >= 0.6 is 0 Å². The summed E-state index contributed by atoms with van der Waals surface area (Å²) in [6.45, 7) is 4.70. The first kappa shape index (κ1) is 15.0. The third kappa shape index (κ3) is 3.79. The van der Waals surface area contributed by atoms with E-state index in [0.717, 1.165) is 6.42 Å². The van der Waals surface area contributed by atoms with Crippen molar-refractivity contribution in [3.05, 3.63) is 11.9 Å². The summed E-state index contributed by atoms with van der Waals surface area (Å²) in [6, 6.07) is 0.270. The Bertz CT molecular complexity index is 446. The molecule has 1 aliphatic carbocycles. The fourth-order valence-corrected chi connectivity index (χ4v) is 2.83. The van der Waals surface area contributed by atoms with E-state index >= 15 is 0 Å². The molecule has 1 amide bonds. The number of amides is 1.